The summed E-state index contributed by atoms with van der Waals surface area (Å²) in [5.74, 6) is 0. The van der Waals surface area contributed by atoms with Gasteiger partial charge in [0.15, 0.2) is 0 Å². The van der Waals surface area contributed by atoms with Crippen LogP contribution in [0.15, 0.2) is 46.9 Å². The van der Waals surface area contributed by atoms with Gasteiger partial charge in [-0.3, -0.25) is 0 Å². The smallest absolute Gasteiger partial charge is 0.0607 e. The second kappa shape index (κ2) is 5.37. The standard InChI is InChI=1S/C16H18BrN3/c1-19-6-7-20(16-5-3-2-4-15(16)19)11-12-8-13(17)10-14(18)9-12/h2-5,8-10H,6-7,11,18H2,1H3. The third-order valence-electron chi connectivity index (χ3n) is 3.69. The maximum atomic E-state index is 5.92. The molecule has 1 aliphatic heterocycles. The van der Waals surface area contributed by atoms with Crippen LogP contribution < -0.4 is 15.5 Å². The molecule has 3 nitrogen and oxygen atoms in total. The van der Waals surface area contributed by atoms with Crippen molar-refractivity contribution in [2.75, 3.05) is 35.7 Å². The fourth-order valence-corrected chi connectivity index (χ4v) is 3.28. The molecule has 2 N–H and O–H groups in total. The van der Waals surface area contributed by atoms with E-state index in [1.807, 2.05) is 12.1 Å². The molecule has 3 rings (SSSR count). The van der Waals surface area contributed by atoms with E-state index in [1.54, 1.807) is 0 Å². The molecule has 0 aromatic heterocycles. The molecule has 0 atom stereocenters. The predicted molar refractivity (Wildman–Crippen MR) is 89.3 cm³/mol. The molecule has 0 amide bonds. The Kier molecular flexibility index (Phi) is 3.57. The molecule has 1 heterocycles. The Balaban J connectivity index is 1.90. The number of halogens is 1. The van der Waals surface area contributed by atoms with Gasteiger partial charge in [0.05, 0.1) is 11.4 Å². The fraction of sp³-hybridized carbons (Fsp3) is 0.250. The monoisotopic (exact) mass is 331 g/mol. The van der Waals surface area contributed by atoms with Crippen LogP contribution in [0.3, 0.4) is 0 Å². The lowest BCUT2D eigenvalue weighted by Crippen LogP contribution is -2.38. The zero-order chi connectivity index (χ0) is 14.1. The first-order valence-corrected chi connectivity index (χ1v) is 7.53. The van der Waals surface area contributed by atoms with Crippen LogP contribution in [0.1, 0.15) is 5.56 Å². The van der Waals surface area contributed by atoms with E-state index in [1.165, 1.54) is 16.9 Å². The zero-order valence-electron chi connectivity index (χ0n) is 11.5. The summed E-state index contributed by atoms with van der Waals surface area (Å²) in [5.41, 5.74) is 10.5. The van der Waals surface area contributed by atoms with Crippen molar-refractivity contribution in [2.24, 2.45) is 0 Å². The molecule has 0 spiro atoms. The number of nitrogens with two attached hydrogens (primary N) is 1. The van der Waals surface area contributed by atoms with E-state index in [0.29, 0.717) is 0 Å². The molecule has 20 heavy (non-hydrogen) atoms. The Morgan fingerprint density at radius 1 is 1.10 bits per heavy atom. The van der Waals surface area contributed by atoms with Crippen molar-refractivity contribution in [2.45, 2.75) is 6.54 Å². The quantitative estimate of drug-likeness (QED) is 0.855. The molecule has 2 aromatic rings. The van der Waals surface area contributed by atoms with Crippen LogP contribution in [-0.4, -0.2) is 20.1 Å². The summed E-state index contributed by atoms with van der Waals surface area (Å²) < 4.78 is 1.04. The van der Waals surface area contributed by atoms with Gasteiger partial charge in [0.2, 0.25) is 0 Å². The second-order valence-electron chi connectivity index (χ2n) is 5.22. The van der Waals surface area contributed by atoms with Crippen molar-refractivity contribution in [3.05, 3.63) is 52.5 Å². The first-order chi connectivity index (χ1) is 9.63. The summed E-state index contributed by atoms with van der Waals surface area (Å²) in [7, 11) is 2.15. The molecule has 0 aliphatic carbocycles. The van der Waals surface area contributed by atoms with E-state index in [4.69, 9.17) is 5.73 Å². The Labute approximate surface area is 128 Å². The SMILES string of the molecule is CN1CCN(Cc2cc(N)cc(Br)c2)c2ccccc21. The summed E-state index contributed by atoms with van der Waals surface area (Å²) in [6, 6.07) is 14.7. The molecule has 2 aromatic carbocycles. The number of fused-ring (bicyclic) bond motifs is 1. The van der Waals surface area contributed by atoms with E-state index in [9.17, 15) is 0 Å². The normalized spacial score (nSPS) is 14.3. The van der Waals surface area contributed by atoms with E-state index in [-0.39, 0.29) is 0 Å². The highest BCUT2D eigenvalue weighted by Gasteiger charge is 2.19. The third kappa shape index (κ3) is 2.61. The van der Waals surface area contributed by atoms with Crippen LogP contribution in [0.2, 0.25) is 0 Å². The lowest BCUT2D eigenvalue weighted by Gasteiger charge is -2.37. The second-order valence-corrected chi connectivity index (χ2v) is 6.14. The van der Waals surface area contributed by atoms with Crippen molar-refractivity contribution >= 4 is 33.0 Å². The first kappa shape index (κ1) is 13.3. The topological polar surface area (TPSA) is 32.5 Å². The average Bonchev–Trinajstić information content (AvgIpc) is 2.41. The fourth-order valence-electron chi connectivity index (χ4n) is 2.72. The predicted octanol–water partition coefficient (Wildman–Crippen LogP) is 3.49. The Morgan fingerprint density at radius 3 is 2.60 bits per heavy atom. The van der Waals surface area contributed by atoms with E-state index in [2.05, 4.69) is 63.1 Å². The van der Waals surface area contributed by atoms with Gasteiger partial charge >= 0.3 is 0 Å². The van der Waals surface area contributed by atoms with E-state index in [0.717, 1.165) is 29.8 Å². The van der Waals surface area contributed by atoms with Gasteiger partial charge in [-0.1, -0.05) is 28.1 Å². The molecule has 4 heteroatoms. The van der Waals surface area contributed by atoms with Gasteiger partial charge in [-0.2, -0.15) is 0 Å². The molecular formula is C16H18BrN3. The summed E-state index contributed by atoms with van der Waals surface area (Å²) in [6.45, 7) is 2.95. The molecule has 0 saturated carbocycles. The van der Waals surface area contributed by atoms with Gasteiger partial charge in [-0.25, -0.2) is 0 Å². The minimum atomic E-state index is 0.803. The van der Waals surface area contributed by atoms with Gasteiger partial charge in [0, 0.05) is 36.8 Å². The number of nitrogen functional groups attached to an aromatic ring is 1. The Hall–Kier alpha value is -1.68. The lowest BCUT2D eigenvalue weighted by molar-refractivity contribution is 0.735. The first-order valence-electron chi connectivity index (χ1n) is 6.73. The number of likely N-dealkylation sites (N-methyl/N-ethyl adjacent to an activating group) is 1. The molecule has 0 saturated heterocycles. The van der Waals surface area contributed by atoms with Crippen LogP contribution in [-0.2, 0) is 6.54 Å². The van der Waals surface area contributed by atoms with Crippen LogP contribution in [0, 0.1) is 0 Å². The minimum Gasteiger partial charge on any atom is -0.399 e. The van der Waals surface area contributed by atoms with Crippen molar-refractivity contribution < 1.29 is 0 Å². The largest absolute Gasteiger partial charge is 0.399 e. The highest BCUT2D eigenvalue weighted by molar-refractivity contribution is 9.10. The molecule has 0 bridgehead atoms. The maximum absolute atomic E-state index is 5.92. The van der Waals surface area contributed by atoms with Crippen LogP contribution in [0.25, 0.3) is 0 Å². The number of hydrogen-bond acceptors (Lipinski definition) is 3. The van der Waals surface area contributed by atoms with Crippen molar-refractivity contribution in [1.29, 1.82) is 0 Å². The van der Waals surface area contributed by atoms with Gasteiger partial charge in [-0.05, 0) is 35.9 Å². The number of para-hydroxylation sites is 2. The van der Waals surface area contributed by atoms with E-state index < -0.39 is 0 Å². The maximum Gasteiger partial charge on any atom is 0.0607 e. The summed E-state index contributed by atoms with van der Waals surface area (Å²) in [5, 5.41) is 0. The summed E-state index contributed by atoms with van der Waals surface area (Å²) in [6.07, 6.45) is 0. The zero-order valence-corrected chi connectivity index (χ0v) is 13.1. The Morgan fingerprint density at radius 2 is 1.85 bits per heavy atom. The van der Waals surface area contributed by atoms with E-state index >= 15 is 0 Å². The summed E-state index contributed by atoms with van der Waals surface area (Å²) in [4.78, 5) is 4.72. The number of rotatable bonds is 2. The van der Waals surface area contributed by atoms with Gasteiger partial charge < -0.3 is 15.5 Å². The summed E-state index contributed by atoms with van der Waals surface area (Å²) >= 11 is 3.51. The number of benzene rings is 2. The van der Waals surface area contributed by atoms with Crippen LogP contribution in [0.5, 0.6) is 0 Å². The van der Waals surface area contributed by atoms with Crippen LogP contribution >= 0.6 is 15.9 Å². The molecule has 0 fully saturated rings. The molecule has 1 aliphatic rings. The number of anilines is 3. The van der Waals surface area contributed by atoms with Gasteiger partial charge in [0.1, 0.15) is 0 Å². The van der Waals surface area contributed by atoms with Gasteiger partial charge in [-0.15, -0.1) is 0 Å². The number of nitrogens with zero attached hydrogens (tertiary/aromatic N) is 2. The lowest BCUT2D eigenvalue weighted by atomic mass is 10.1. The molecular weight excluding hydrogens is 314 g/mol. The van der Waals surface area contributed by atoms with Crippen molar-refractivity contribution in [3.8, 4) is 0 Å². The highest BCUT2D eigenvalue weighted by atomic mass is 79.9. The Bertz CT molecular complexity index is 607. The van der Waals surface area contributed by atoms with Crippen LogP contribution in [0.4, 0.5) is 17.1 Å². The van der Waals surface area contributed by atoms with Crippen molar-refractivity contribution in [1.82, 2.24) is 0 Å². The molecule has 0 radical (unpaired) electrons. The third-order valence-corrected chi connectivity index (χ3v) is 4.15. The average molecular weight is 332 g/mol. The van der Waals surface area contributed by atoms with Gasteiger partial charge in [0.25, 0.3) is 0 Å². The highest BCUT2D eigenvalue weighted by Crippen LogP contribution is 2.33. The van der Waals surface area contributed by atoms with Crippen molar-refractivity contribution in [3.63, 3.8) is 0 Å². The number of hydrogen-bond donors (Lipinski definition) is 1. The molecule has 0 unspecified atom stereocenters. The minimum absolute atomic E-state index is 0.803. The molecule has 104 valence electrons.